The van der Waals surface area contributed by atoms with E-state index >= 15 is 0 Å². The molecule has 1 aromatic carbocycles. The van der Waals surface area contributed by atoms with Crippen LogP contribution in [0.15, 0.2) is 16.6 Å². The number of halogens is 1. The maximum atomic E-state index is 10.0. The summed E-state index contributed by atoms with van der Waals surface area (Å²) < 4.78 is 5.65. The SMILES string of the molecule is COC(O)N1c2ccc(Br)c(O)c2CCC1C. The molecule has 0 aliphatic carbocycles. The predicted molar refractivity (Wildman–Crippen MR) is 69.1 cm³/mol. The zero-order chi connectivity index (χ0) is 12.6. The minimum absolute atomic E-state index is 0.179. The number of rotatable bonds is 2. The second kappa shape index (κ2) is 4.84. The lowest BCUT2D eigenvalue weighted by atomic mass is 9.96. The van der Waals surface area contributed by atoms with Crippen LogP contribution in [0.1, 0.15) is 18.9 Å². The summed E-state index contributed by atoms with van der Waals surface area (Å²) in [6.45, 7) is 2.03. The molecule has 1 aliphatic heterocycles. The summed E-state index contributed by atoms with van der Waals surface area (Å²) >= 11 is 3.30. The molecule has 1 aromatic rings. The van der Waals surface area contributed by atoms with Crippen LogP contribution in [0.2, 0.25) is 0 Å². The van der Waals surface area contributed by atoms with E-state index in [0.29, 0.717) is 4.47 Å². The standard InChI is InChI=1S/C12H16BrNO3/c1-7-3-4-8-10(14(7)12(16)17-2)6-5-9(13)11(8)15/h5-7,12,15-16H,3-4H2,1-2H3. The highest BCUT2D eigenvalue weighted by Gasteiger charge is 2.30. The molecule has 0 radical (unpaired) electrons. The van der Waals surface area contributed by atoms with Crippen LogP contribution in [0.4, 0.5) is 5.69 Å². The molecule has 17 heavy (non-hydrogen) atoms. The molecule has 1 aliphatic rings. The number of ether oxygens (including phenoxy) is 1. The number of phenols is 1. The van der Waals surface area contributed by atoms with E-state index in [4.69, 9.17) is 4.74 Å². The fraction of sp³-hybridized carbons (Fsp3) is 0.500. The molecule has 5 heteroatoms. The molecule has 0 fully saturated rings. The summed E-state index contributed by atoms with van der Waals surface area (Å²) in [6, 6.07) is 3.84. The lowest BCUT2D eigenvalue weighted by molar-refractivity contribution is -0.0795. The van der Waals surface area contributed by atoms with E-state index in [1.165, 1.54) is 7.11 Å². The number of benzene rings is 1. The van der Waals surface area contributed by atoms with Crippen LogP contribution in [-0.2, 0) is 11.2 Å². The highest BCUT2D eigenvalue weighted by Crippen LogP contribution is 2.40. The Kier molecular flexibility index (Phi) is 3.61. The number of aliphatic hydroxyl groups excluding tert-OH is 1. The van der Waals surface area contributed by atoms with E-state index in [1.807, 2.05) is 13.0 Å². The summed E-state index contributed by atoms with van der Waals surface area (Å²) in [4.78, 5) is 1.78. The van der Waals surface area contributed by atoms with E-state index in [9.17, 15) is 10.2 Å². The smallest absolute Gasteiger partial charge is 0.237 e. The molecular weight excluding hydrogens is 286 g/mol. The number of aliphatic hydroxyl groups is 1. The molecule has 2 unspecified atom stereocenters. The topological polar surface area (TPSA) is 52.9 Å². The highest BCUT2D eigenvalue weighted by molar-refractivity contribution is 9.10. The molecule has 0 spiro atoms. The van der Waals surface area contributed by atoms with Gasteiger partial charge >= 0.3 is 0 Å². The molecule has 2 N–H and O–H groups in total. The Hall–Kier alpha value is -0.780. The summed E-state index contributed by atoms with van der Waals surface area (Å²) in [6.07, 6.45) is 0.691. The first kappa shape index (κ1) is 12.7. The zero-order valence-electron chi connectivity index (χ0n) is 9.85. The van der Waals surface area contributed by atoms with Crippen molar-refractivity contribution in [3.8, 4) is 5.75 Å². The fourth-order valence-corrected chi connectivity index (χ4v) is 2.64. The number of hydrogen-bond donors (Lipinski definition) is 2. The number of anilines is 1. The normalized spacial score (nSPS) is 21.2. The van der Waals surface area contributed by atoms with Gasteiger partial charge in [0.1, 0.15) is 5.75 Å². The number of nitrogens with zero attached hydrogens (tertiary/aromatic N) is 1. The maximum Gasteiger partial charge on any atom is 0.237 e. The first-order valence-electron chi connectivity index (χ1n) is 5.55. The number of hydrogen-bond acceptors (Lipinski definition) is 4. The largest absolute Gasteiger partial charge is 0.506 e. The highest BCUT2D eigenvalue weighted by atomic mass is 79.9. The minimum Gasteiger partial charge on any atom is -0.506 e. The lowest BCUT2D eigenvalue weighted by Gasteiger charge is -2.39. The zero-order valence-corrected chi connectivity index (χ0v) is 11.4. The van der Waals surface area contributed by atoms with E-state index in [2.05, 4.69) is 15.9 Å². The Morgan fingerprint density at radius 3 is 2.88 bits per heavy atom. The fourth-order valence-electron chi connectivity index (χ4n) is 2.27. The van der Waals surface area contributed by atoms with Crippen LogP contribution in [0.3, 0.4) is 0 Å². The van der Waals surface area contributed by atoms with Gasteiger partial charge in [0, 0.05) is 24.4 Å². The molecule has 2 rings (SSSR count). The summed E-state index contributed by atoms with van der Waals surface area (Å²) in [5, 5.41) is 19.9. The van der Waals surface area contributed by atoms with Crippen molar-refractivity contribution in [1.29, 1.82) is 0 Å². The summed E-state index contributed by atoms with van der Waals surface area (Å²) in [7, 11) is 1.46. The van der Waals surface area contributed by atoms with Crippen molar-refractivity contribution in [1.82, 2.24) is 0 Å². The third-order valence-electron chi connectivity index (χ3n) is 3.22. The van der Waals surface area contributed by atoms with E-state index in [-0.39, 0.29) is 11.8 Å². The van der Waals surface area contributed by atoms with Crippen LogP contribution >= 0.6 is 15.9 Å². The Bertz CT molecular complexity index is 424. The number of phenolic OH excluding ortho intramolecular Hbond substituents is 1. The molecule has 0 bridgehead atoms. The number of aromatic hydroxyl groups is 1. The van der Waals surface area contributed by atoms with Crippen LogP contribution in [-0.4, -0.2) is 29.8 Å². The molecule has 0 aromatic heterocycles. The second-order valence-corrected chi connectivity index (χ2v) is 5.10. The summed E-state index contributed by atoms with van der Waals surface area (Å²) in [5.41, 5.74) is 1.69. The van der Waals surface area contributed by atoms with Crippen molar-refractivity contribution < 1.29 is 14.9 Å². The van der Waals surface area contributed by atoms with Crippen molar-refractivity contribution in [3.05, 3.63) is 22.2 Å². The first-order valence-corrected chi connectivity index (χ1v) is 6.35. The molecule has 0 saturated heterocycles. The quantitative estimate of drug-likeness (QED) is 0.823. The van der Waals surface area contributed by atoms with Gasteiger partial charge in [-0.25, -0.2) is 0 Å². The third kappa shape index (κ3) is 2.14. The van der Waals surface area contributed by atoms with Gasteiger partial charge in [-0.3, -0.25) is 0 Å². The van der Waals surface area contributed by atoms with Crippen molar-refractivity contribution in [2.45, 2.75) is 32.2 Å². The number of fused-ring (bicyclic) bond motifs is 1. The van der Waals surface area contributed by atoms with Crippen LogP contribution in [0, 0.1) is 0 Å². The van der Waals surface area contributed by atoms with Crippen LogP contribution < -0.4 is 4.90 Å². The number of methoxy groups -OCH3 is 1. The molecule has 94 valence electrons. The Morgan fingerprint density at radius 2 is 2.24 bits per heavy atom. The van der Waals surface area contributed by atoms with Crippen LogP contribution in [0.25, 0.3) is 0 Å². The van der Waals surface area contributed by atoms with E-state index in [0.717, 1.165) is 24.1 Å². The predicted octanol–water partition coefficient (Wildman–Crippen LogP) is 2.22. The molecule has 0 saturated carbocycles. The lowest BCUT2D eigenvalue weighted by Crippen LogP contribution is -2.45. The summed E-state index contributed by atoms with van der Waals surface area (Å²) in [5.74, 6) is 0.253. The van der Waals surface area contributed by atoms with Crippen molar-refractivity contribution in [2.75, 3.05) is 12.0 Å². The van der Waals surface area contributed by atoms with Gasteiger partial charge in [0.05, 0.1) is 4.47 Å². The third-order valence-corrected chi connectivity index (χ3v) is 3.86. The first-order chi connectivity index (χ1) is 8.06. The van der Waals surface area contributed by atoms with E-state index in [1.54, 1.807) is 11.0 Å². The van der Waals surface area contributed by atoms with Gasteiger partial charge in [0.2, 0.25) is 6.41 Å². The average Bonchev–Trinajstić information content (AvgIpc) is 2.33. The molecule has 1 heterocycles. The molecule has 0 amide bonds. The van der Waals surface area contributed by atoms with Gasteiger partial charge in [-0.1, -0.05) is 0 Å². The van der Waals surface area contributed by atoms with Gasteiger partial charge < -0.3 is 19.8 Å². The van der Waals surface area contributed by atoms with Crippen LogP contribution in [0.5, 0.6) is 5.75 Å². The van der Waals surface area contributed by atoms with Gasteiger partial charge in [0.25, 0.3) is 0 Å². The molecule has 2 atom stereocenters. The van der Waals surface area contributed by atoms with Crippen molar-refractivity contribution in [2.24, 2.45) is 0 Å². The Labute approximate surface area is 109 Å². The van der Waals surface area contributed by atoms with Gasteiger partial charge in [-0.2, -0.15) is 0 Å². The monoisotopic (exact) mass is 301 g/mol. The van der Waals surface area contributed by atoms with Gasteiger partial charge in [0.15, 0.2) is 0 Å². The maximum absolute atomic E-state index is 10.0. The van der Waals surface area contributed by atoms with E-state index < -0.39 is 6.41 Å². The van der Waals surface area contributed by atoms with Gasteiger partial charge in [-0.15, -0.1) is 0 Å². The Balaban J connectivity index is 2.49. The average molecular weight is 302 g/mol. The van der Waals surface area contributed by atoms with Gasteiger partial charge in [-0.05, 0) is 47.8 Å². The Morgan fingerprint density at radius 1 is 1.53 bits per heavy atom. The van der Waals surface area contributed by atoms with Crippen molar-refractivity contribution >= 4 is 21.6 Å². The molecule has 4 nitrogen and oxygen atoms in total. The second-order valence-electron chi connectivity index (χ2n) is 4.25. The molecular formula is C12H16BrNO3. The van der Waals surface area contributed by atoms with Crippen molar-refractivity contribution in [3.63, 3.8) is 0 Å². The minimum atomic E-state index is -0.982.